The first-order valence-corrected chi connectivity index (χ1v) is 11.3. The van der Waals surface area contributed by atoms with E-state index in [4.69, 9.17) is 14.4 Å². The van der Waals surface area contributed by atoms with E-state index >= 15 is 0 Å². The van der Waals surface area contributed by atoms with Crippen LogP contribution in [0.5, 0.6) is 0 Å². The van der Waals surface area contributed by atoms with Gasteiger partial charge in [0.25, 0.3) is 5.91 Å². The molecule has 1 saturated heterocycles. The molecule has 33 heavy (non-hydrogen) atoms. The number of aryl methyl sites for hydroxylation is 1. The summed E-state index contributed by atoms with van der Waals surface area (Å²) in [6.45, 7) is 4.47. The highest BCUT2D eigenvalue weighted by atomic mass is 16.3. The maximum absolute atomic E-state index is 13.7. The zero-order valence-corrected chi connectivity index (χ0v) is 20.0. The van der Waals surface area contributed by atoms with Gasteiger partial charge in [-0.3, -0.25) is 9.59 Å². The highest BCUT2D eigenvalue weighted by molar-refractivity contribution is 5.99. The molecular formula is C25H31N5O3. The fraction of sp³-hybridized carbons (Fsp3) is 0.440. The van der Waals surface area contributed by atoms with Crippen molar-refractivity contribution >= 4 is 28.6 Å². The molecule has 0 spiro atoms. The number of anilines is 1. The highest BCUT2D eigenvalue weighted by Crippen LogP contribution is 2.34. The van der Waals surface area contributed by atoms with Gasteiger partial charge in [0.2, 0.25) is 5.91 Å². The average Bonchev–Trinajstić information content (AvgIpc) is 3.15. The molecule has 4 rings (SSSR count). The maximum atomic E-state index is 13.7. The van der Waals surface area contributed by atoms with Crippen molar-refractivity contribution in [3.8, 4) is 0 Å². The van der Waals surface area contributed by atoms with Crippen molar-refractivity contribution in [1.29, 1.82) is 0 Å². The summed E-state index contributed by atoms with van der Waals surface area (Å²) in [4.78, 5) is 40.4. The zero-order chi connectivity index (χ0) is 23.7. The molecule has 3 aromatic rings. The van der Waals surface area contributed by atoms with E-state index in [1.54, 1.807) is 11.9 Å². The number of carbonyl (C=O) groups excluding carboxylic acids is 2. The van der Waals surface area contributed by atoms with Crippen LogP contribution in [-0.4, -0.2) is 59.3 Å². The van der Waals surface area contributed by atoms with Gasteiger partial charge in [-0.15, -0.1) is 0 Å². The number of aromatic nitrogens is 2. The first kappa shape index (κ1) is 22.8. The largest absolute Gasteiger partial charge is 0.451 e. The van der Waals surface area contributed by atoms with Crippen molar-refractivity contribution in [2.75, 3.05) is 32.6 Å². The number of amides is 2. The van der Waals surface area contributed by atoms with E-state index in [0.29, 0.717) is 30.3 Å². The summed E-state index contributed by atoms with van der Waals surface area (Å²) in [7, 11) is 5.60. The molecule has 0 radical (unpaired) electrons. The number of benzene rings is 1. The number of nitrogens with zero attached hydrogens (tertiary/aromatic N) is 5. The van der Waals surface area contributed by atoms with E-state index in [9.17, 15) is 9.59 Å². The van der Waals surface area contributed by atoms with Gasteiger partial charge in [0.1, 0.15) is 11.4 Å². The Hall–Kier alpha value is -3.42. The summed E-state index contributed by atoms with van der Waals surface area (Å²) in [6, 6.07) is 9.35. The van der Waals surface area contributed by atoms with Gasteiger partial charge in [0.05, 0.1) is 18.3 Å². The Morgan fingerprint density at radius 2 is 1.91 bits per heavy atom. The summed E-state index contributed by atoms with van der Waals surface area (Å²) < 4.78 is 5.98. The van der Waals surface area contributed by atoms with Crippen molar-refractivity contribution in [2.45, 2.75) is 45.7 Å². The molecule has 174 valence electrons. The lowest BCUT2D eigenvalue weighted by atomic mass is 10.00. The second-order valence-electron chi connectivity index (χ2n) is 8.91. The Bertz CT molecular complexity index is 1190. The third kappa shape index (κ3) is 4.55. The molecule has 2 aromatic heterocycles. The van der Waals surface area contributed by atoms with Crippen LogP contribution >= 0.6 is 0 Å². The summed E-state index contributed by atoms with van der Waals surface area (Å²) in [5, 5.41) is 0.954. The van der Waals surface area contributed by atoms with E-state index in [0.717, 1.165) is 41.7 Å². The number of furan rings is 1. The number of carbonyl (C=O) groups is 2. The van der Waals surface area contributed by atoms with Crippen LogP contribution in [0.1, 0.15) is 59.9 Å². The second-order valence-corrected chi connectivity index (χ2v) is 8.91. The predicted octanol–water partition coefficient (Wildman–Crippen LogP) is 3.94. The van der Waals surface area contributed by atoms with Crippen molar-refractivity contribution in [1.82, 2.24) is 19.8 Å². The molecule has 1 aromatic carbocycles. The zero-order valence-electron chi connectivity index (χ0n) is 20.0. The van der Waals surface area contributed by atoms with Crippen molar-refractivity contribution in [3.63, 3.8) is 0 Å². The molecule has 1 fully saturated rings. The van der Waals surface area contributed by atoms with Crippen LogP contribution in [-0.2, 0) is 11.3 Å². The van der Waals surface area contributed by atoms with Crippen molar-refractivity contribution in [2.24, 2.45) is 0 Å². The highest BCUT2D eigenvalue weighted by Gasteiger charge is 2.34. The van der Waals surface area contributed by atoms with Crippen molar-refractivity contribution < 1.29 is 14.0 Å². The Morgan fingerprint density at radius 3 is 2.61 bits per heavy atom. The number of hydrogen-bond donors (Lipinski definition) is 0. The molecule has 0 bridgehead atoms. The van der Waals surface area contributed by atoms with Crippen LogP contribution in [0.2, 0.25) is 0 Å². The third-order valence-electron chi connectivity index (χ3n) is 6.28. The minimum atomic E-state index is -0.250. The summed E-state index contributed by atoms with van der Waals surface area (Å²) >= 11 is 0. The van der Waals surface area contributed by atoms with Gasteiger partial charge in [-0.1, -0.05) is 18.2 Å². The van der Waals surface area contributed by atoms with Crippen LogP contribution in [0.4, 0.5) is 5.82 Å². The predicted molar refractivity (Wildman–Crippen MR) is 127 cm³/mol. The Labute approximate surface area is 194 Å². The van der Waals surface area contributed by atoms with E-state index in [1.165, 1.54) is 6.92 Å². The molecule has 0 aliphatic carbocycles. The fourth-order valence-electron chi connectivity index (χ4n) is 4.27. The molecule has 0 N–H and O–H groups in total. The standard InChI is InChI=1S/C25H31N5O3/c1-16-19-10-6-7-12-21(19)33-23(16)25(32)30-13-9-8-11-20(30)24-26-18(15-29(5)17(2)31)14-22(27-24)28(3)4/h6-7,10,12,14,20H,8-9,11,13,15H2,1-5H3/t20-/m1/s1. The summed E-state index contributed by atoms with van der Waals surface area (Å²) in [5.74, 6) is 1.58. The maximum Gasteiger partial charge on any atom is 0.290 e. The van der Waals surface area contributed by atoms with Crippen LogP contribution in [0, 0.1) is 6.92 Å². The topological polar surface area (TPSA) is 82.8 Å². The molecular weight excluding hydrogens is 418 g/mol. The lowest BCUT2D eigenvalue weighted by molar-refractivity contribution is -0.128. The fourth-order valence-corrected chi connectivity index (χ4v) is 4.27. The SMILES string of the molecule is CC(=O)N(C)Cc1cc(N(C)C)nc([C@H]2CCCCN2C(=O)c2oc3ccccc3c2C)n1. The Kier molecular flexibility index (Phi) is 6.35. The number of hydrogen-bond acceptors (Lipinski definition) is 6. The van der Waals surface area contributed by atoms with Gasteiger partial charge in [-0.25, -0.2) is 9.97 Å². The Balaban J connectivity index is 1.71. The lowest BCUT2D eigenvalue weighted by Gasteiger charge is -2.35. The molecule has 8 heteroatoms. The number of rotatable bonds is 5. The summed E-state index contributed by atoms with van der Waals surface area (Å²) in [6.07, 6.45) is 2.70. The van der Waals surface area contributed by atoms with E-state index in [1.807, 2.05) is 61.2 Å². The first-order chi connectivity index (χ1) is 15.8. The van der Waals surface area contributed by atoms with E-state index < -0.39 is 0 Å². The van der Waals surface area contributed by atoms with Crippen LogP contribution in [0.3, 0.4) is 0 Å². The molecule has 1 aliphatic rings. The molecule has 1 atom stereocenters. The third-order valence-corrected chi connectivity index (χ3v) is 6.28. The van der Waals surface area contributed by atoms with Crippen LogP contribution < -0.4 is 4.90 Å². The average molecular weight is 450 g/mol. The van der Waals surface area contributed by atoms with E-state index in [2.05, 4.69) is 0 Å². The van der Waals surface area contributed by atoms with Gasteiger partial charge >= 0.3 is 0 Å². The summed E-state index contributed by atoms with van der Waals surface area (Å²) in [5.41, 5.74) is 2.32. The lowest BCUT2D eigenvalue weighted by Crippen LogP contribution is -2.39. The minimum absolute atomic E-state index is 0.0311. The van der Waals surface area contributed by atoms with Gasteiger partial charge < -0.3 is 19.1 Å². The molecule has 0 saturated carbocycles. The number of likely N-dealkylation sites (tertiary alicyclic amines) is 1. The number of fused-ring (bicyclic) bond motifs is 1. The van der Waals surface area contributed by atoms with Crippen LogP contribution in [0.15, 0.2) is 34.7 Å². The van der Waals surface area contributed by atoms with Gasteiger partial charge in [0.15, 0.2) is 11.6 Å². The molecule has 0 unspecified atom stereocenters. The number of para-hydroxylation sites is 1. The normalized spacial score (nSPS) is 16.2. The second kappa shape index (κ2) is 9.21. The smallest absolute Gasteiger partial charge is 0.290 e. The van der Waals surface area contributed by atoms with Gasteiger partial charge in [-0.2, -0.15) is 0 Å². The van der Waals surface area contributed by atoms with E-state index in [-0.39, 0.29) is 17.9 Å². The molecule has 2 amide bonds. The monoisotopic (exact) mass is 449 g/mol. The number of piperidine rings is 1. The molecule has 8 nitrogen and oxygen atoms in total. The first-order valence-electron chi connectivity index (χ1n) is 11.3. The molecule has 3 heterocycles. The van der Waals surface area contributed by atoms with Crippen LogP contribution in [0.25, 0.3) is 11.0 Å². The quantitative estimate of drug-likeness (QED) is 0.587. The van der Waals surface area contributed by atoms with Gasteiger partial charge in [-0.05, 0) is 32.3 Å². The van der Waals surface area contributed by atoms with Gasteiger partial charge in [0, 0.05) is 51.6 Å². The Morgan fingerprint density at radius 1 is 1.15 bits per heavy atom. The molecule has 1 aliphatic heterocycles. The van der Waals surface area contributed by atoms with Crippen molar-refractivity contribution in [3.05, 3.63) is 53.2 Å². The minimum Gasteiger partial charge on any atom is -0.451 e.